The maximum absolute atomic E-state index is 12.2. The molecule has 0 saturated carbocycles. The van der Waals surface area contributed by atoms with Crippen LogP contribution < -0.4 is 10.6 Å². The van der Waals surface area contributed by atoms with Crippen molar-refractivity contribution in [2.75, 3.05) is 0 Å². The van der Waals surface area contributed by atoms with Crippen LogP contribution in [0.5, 0.6) is 0 Å². The third kappa shape index (κ3) is 1.98. The molecule has 1 unspecified atom stereocenters. The van der Waals surface area contributed by atoms with Gasteiger partial charge in [-0.05, 0) is 18.4 Å². The molecule has 0 aliphatic carbocycles. The van der Waals surface area contributed by atoms with Crippen LogP contribution in [0.15, 0.2) is 30.3 Å². The molecule has 2 rings (SSSR count). The quantitative estimate of drug-likeness (QED) is 0.849. The second-order valence-corrected chi connectivity index (χ2v) is 4.60. The average Bonchev–Trinajstić information content (AvgIpc) is 2.42. The molecule has 1 heterocycles. The lowest BCUT2D eigenvalue weighted by molar-refractivity contribution is -0.142. The van der Waals surface area contributed by atoms with Gasteiger partial charge in [0.1, 0.15) is 11.6 Å². The van der Waals surface area contributed by atoms with Crippen LogP contribution in [0.2, 0.25) is 0 Å². The summed E-state index contributed by atoms with van der Waals surface area (Å²) in [6.07, 6.45) is 1.20. The molecule has 1 saturated heterocycles. The van der Waals surface area contributed by atoms with E-state index in [0.717, 1.165) is 5.56 Å². The van der Waals surface area contributed by atoms with E-state index in [-0.39, 0.29) is 11.8 Å². The van der Waals surface area contributed by atoms with Gasteiger partial charge in [0.25, 0.3) is 0 Å². The first kappa shape index (κ1) is 12.6. The Labute approximate surface area is 107 Å². The zero-order valence-electron chi connectivity index (χ0n) is 10.7. The Morgan fingerprint density at radius 1 is 1.11 bits per heavy atom. The van der Waals surface area contributed by atoms with E-state index in [1.165, 1.54) is 0 Å². The Kier molecular flexibility index (Phi) is 3.36. The lowest BCUT2D eigenvalue weighted by atomic mass is 9.87. The van der Waals surface area contributed by atoms with E-state index >= 15 is 0 Å². The summed E-state index contributed by atoms with van der Waals surface area (Å²) in [4.78, 5) is 24.3. The van der Waals surface area contributed by atoms with Gasteiger partial charge in [0.2, 0.25) is 11.8 Å². The van der Waals surface area contributed by atoms with Crippen molar-refractivity contribution in [2.45, 2.75) is 38.3 Å². The first-order valence-corrected chi connectivity index (χ1v) is 6.31. The van der Waals surface area contributed by atoms with Crippen LogP contribution >= 0.6 is 0 Å². The smallest absolute Gasteiger partial charge is 0.248 e. The Morgan fingerprint density at radius 2 is 1.72 bits per heavy atom. The van der Waals surface area contributed by atoms with Crippen molar-refractivity contribution in [3.8, 4) is 0 Å². The molecular weight excluding hydrogens is 228 g/mol. The summed E-state index contributed by atoms with van der Waals surface area (Å²) in [5.41, 5.74) is 0.0617. The van der Waals surface area contributed by atoms with Crippen LogP contribution in [0.1, 0.15) is 38.3 Å². The molecule has 2 N–H and O–H groups in total. The third-order valence-electron chi connectivity index (χ3n) is 3.67. The molecule has 0 spiro atoms. The molecule has 96 valence electrons. The maximum atomic E-state index is 12.2. The molecule has 4 heteroatoms. The number of amides is 2. The van der Waals surface area contributed by atoms with E-state index in [1.807, 2.05) is 44.2 Å². The van der Waals surface area contributed by atoms with Crippen LogP contribution in [-0.4, -0.2) is 17.4 Å². The first-order valence-electron chi connectivity index (χ1n) is 6.31. The van der Waals surface area contributed by atoms with Crippen LogP contribution in [0.3, 0.4) is 0 Å². The summed E-state index contributed by atoms with van der Waals surface area (Å²) in [6, 6.07) is 8.70. The SMILES string of the molecule is CCC1(CC)NC(=O)C(c2ccccc2)NC1=O. The van der Waals surface area contributed by atoms with Crippen molar-refractivity contribution in [3.05, 3.63) is 35.9 Å². The van der Waals surface area contributed by atoms with E-state index in [2.05, 4.69) is 10.6 Å². The third-order valence-corrected chi connectivity index (χ3v) is 3.67. The standard InChI is InChI=1S/C14H18N2O2/c1-3-14(4-2)13(18)15-11(12(17)16-14)10-8-6-5-7-9-10/h5-9,11H,3-4H2,1-2H3,(H,15,18)(H,16,17). The molecule has 18 heavy (non-hydrogen) atoms. The highest BCUT2D eigenvalue weighted by molar-refractivity contribution is 6.00. The Morgan fingerprint density at radius 3 is 2.28 bits per heavy atom. The highest BCUT2D eigenvalue weighted by Crippen LogP contribution is 2.24. The number of hydrogen-bond acceptors (Lipinski definition) is 2. The van der Waals surface area contributed by atoms with Crippen molar-refractivity contribution in [1.29, 1.82) is 0 Å². The number of benzene rings is 1. The minimum absolute atomic E-state index is 0.0963. The molecule has 1 aromatic carbocycles. The number of carbonyl (C=O) groups is 2. The van der Waals surface area contributed by atoms with Crippen molar-refractivity contribution < 1.29 is 9.59 Å². The minimum atomic E-state index is -0.748. The molecule has 0 aromatic heterocycles. The molecule has 1 aliphatic heterocycles. The summed E-state index contributed by atoms with van der Waals surface area (Å²) < 4.78 is 0. The van der Waals surface area contributed by atoms with E-state index < -0.39 is 11.6 Å². The lowest BCUT2D eigenvalue weighted by Gasteiger charge is -2.38. The Hall–Kier alpha value is -1.84. The highest BCUT2D eigenvalue weighted by Gasteiger charge is 2.44. The van der Waals surface area contributed by atoms with Gasteiger partial charge < -0.3 is 10.6 Å². The number of piperazine rings is 1. The fourth-order valence-electron chi connectivity index (χ4n) is 2.33. The van der Waals surface area contributed by atoms with Crippen molar-refractivity contribution in [1.82, 2.24) is 10.6 Å². The van der Waals surface area contributed by atoms with E-state index in [9.17, 15) is 9.59 Å². The van der Waals surface area contributed by atoms with Gasteiger partial charge in [0.05, 0.1) is 0 Å². The normalized spacial score (nSPS) is 22.2. The number of nitrogens with one attached hydrogen (secondary N) is 2. The number of carbonyl (C=O) groups excluding carboxylic acids is 2. The van der Waals surface area contributed by atoms with Crippen molar-refractivity contribution in [2.24, 2.45) is 0 Å². The zero-order chi connectivity index (χ0) is 13.2. The fourth-order valence-corrected chi connectivity index (χ4v) is 2.33. The van der Waals surface area contributed by atoms with Gasteiger partial charge in [-0.15, -0.1) is 0 Å². The van der Waals surface area contributed by atoms with Crippen molar-refractivity contribution in [3.63, 3.8) is 0 Å². The van der Waals surface area contributed by atoms with Gasteiger partial charge in [-0.25, -0.2) is 0 Å². The van der Waals surface area contributed by atoms with Crippen molar-refractivity contribution >= 4 is 11.8 Å². The van der Waals surface area contributed by atoms with Crippen LogP contribution in [-0.2, 0) is 9.59 Å². The van der Waals surface area contributed by atoms with E-state index in [4.69, 9.17) is 0 Å². The van der Waals surface area contributed by atoms with Crippen LogP contribution in [0, 0.1) is 0 Å². The maximum Gasteiger partial charge on any atom is 0.248 e. The zero-order valence-corrected chi connectivity index (χ0v) is 10.7. The molecule has 0 bridgehead atoms. The molecule has 1 aliphatic rings. The van der Waals surface area contributed by atoms with Gasteiger partial charge in [0, 0.05) is 0 Å². The minimum Gasteiger partial charge on any atom is -0.340 e. The summed E-state index contributed by atoms with van der Waals surface area (Å²) in [6.45, 7) is 3.82. The Bertz CT molecular complexity index is 452. The molecule has 2 amide bonds. The predicted molar refractivity (Wildman–Crippen MR) is 68.8 cm³/mol. The average molecular weight is 246 g/mol. The van der Waals surface area contributed by atoms with Gasteiger partial charge in [0.15, 0.2) is 0 Å². The molecule has 0 radical (unpaired) electrons. The lowest BCUT2D eigenvalue weighted by Crippen LogP contribution is -2.65. The fraction of sp³-hybridized carbons (Fsp3) is 0.429. The van der Waals surface area contributed by atoms with Gasteiger partial charge in [-0.1, -0.05) is 44.2 Å². The number of rotatable bonds is 3. The molecule has 1 atom stereocenters. The van der Waals surface area contributed by atoms with Crippen LogP contribution in [0.4, 0.5) is 0 Å². The summed E-state index contributed by atoms with van der Waals surface area (Å²) >= 11 is 0. The molecule has 1 aromatic rings. The van der Waals surface area contributed by atoms with Crippen LogP contribution in [0.25, 0.3) is 0 Å². The highest BCUT2D eigenvalue weighted by atomic mass is 16.2. The monoisotopic (exact) mass is 246 g/mol. The van der Waals surface area contributed by atoms with Gasteiger partial charge in [-0.3, -0.25) is 9.59 Å². The first-order chi connectivity index (χ1) is 8.63. The second-order valence-electron chi connectivity index (χ2n) is 4.60. The number of hydrogen-bond donors (Lipinski definition) is 2. The topological polar surface area (TPSA) is 58.2 Å². The summed E-state index contributed by atoms with van der Waals surface area (Å²) in [7, 11) is 0. The van der Waals surface area contributed by atoms with E-state index in [0.29, 0.717) is 12.8 Å². The van der Waals surface area contributed by atoms with E-state index in [1.54, 1.807) is 0 Å². The molecular formula is C14H18N2O2. The molecule has 4 nitrogen and oxygen atoms in total. The predicted octanol–water partition coefficient (Wildman–Crippen LogP) is 1.53. The van der Waals surface area contributed by atoms with Gasteiger partial charge >= 0.3 is 0 Å². The van der Waals surface area contributed by atoms with Gasteiger partial charge in [-0.2, -0.15) is 0 Å². The summed E-state index contributed by atoms with van der Waals surface area (Å²) in [5.74, 6) is -0.231. The second kappa shape index (κ2) is 4.80. The largest absolute Gasteiger partial charge is 0.340 e. The summed E-state index contributed by atoms with van der Waals surface area (Å²) in [5, 5.41) is 5.70. The molecule has 1 fully saturated rings. The Balaban J connectivity index is 2.26.